The summed E-state index contributed by atoms with van der Waals surface area (Å²) in [6, 6.07) is 6.54. The third kappa shape index (κ3) is 4.76. The molecular weight excluding hydrogens is 262 g/mol. The van der Waals surface area contributed by atoms with E-state index in [1.165, 1.54) is 30.4 Å². The number of ether oxygens (including phenoxy) is 1. The van der Waals surface area contributed by atoms with Crippen molar-refractivity contribution in [1.29, 1.82) is 0 Å². The van der Waals surface area contributed by atoms with Crippen molar-refractivity contribution in [2.75, 3.05) is 6.54 Å². The Balaban J connectivity index is 2.14. The molecule has 3 heteroatoms. The highest BCUT2D eigenvalue weighted by Gasteiger charge is 2.19. The van der Waals surface area contributed by atoms with E-state index in [1.54, 1.807) is 6.92 Å². The van der Waals surface area contributed by atoms with Gasteiger partial charge in [0.2, 0.25) is 5.91 Å². The average Bonchev–Trinajstić information content (AvgIpc) is 2.60. The van der Waals surface area contributed by atoms with Gasteiger partial charge in [-0.2, -0.15) is 0 Å². The van der Waals surface area contributed by atoms with Crippen LogP contribution < -0.4 is 10.1 Å². The smallest absolute Gasteiger partial charge is 0.216 e. The number of nitrogens with one attached hydrogen (secondary N) is 1. The molecule has 1 unspecified atom stereocenters. The summed E-state index contributed by atoms with van der Waals surface area (Å²) in [7, 11) is 0. The second-order valence-electron chi connectivity index (χ2n) is 6.24. The van der Waals surface area contributed by atoms with E-state index in [-0.39, 0.29) is 12.0 Å². The topological polar surface area (TPSA) is 38.3 Å². The molecule has 0 aliphatic heterocycles. The fraction of sp³-hybridized carbons (Fsp3) is 0.611. The Labute approximate surface area is 128 Å². The fourth-order valence-electron chi connectivity index (χ4n) is 3.11. The lowest BCUT2D eigenvalue weighted by molar-refractivity contribution is -0.118. The maximum Gasteiger partial charge on any atom is 0.216 e. The number of hydrogen-bond donors (Lipinski definition) is 1. The van der Waals surface area contributed by atoms with Gasteiger partial charge < -0.3 is 10.1 Å². The molecule has 0 heterocycles. The van der Waals surface area contributed by atoms with Gasteiger partial charge in [0.1, 0.15) is 5.75 Å². The molecule has 0 spiro atoms. The zero-order chi connectivity index (χ0) is 15.2. The molecule has 1 N–H and O–H groups in total. The van der Waals surface area contributed by atoms with Crippen molar-refractivity contribution in [3.63, 3.8) is 0 Å². The van der Waals surface area contributed by atoms with Crippen LogP contribution in [0.2, 0.25) is 0 Å². The monoisotopic (exact) mass is 289 g/mol. The van der Waals surface area contributed by atoms with Crippen LogP contribution in [0.15, 0.2) is 18.2 Å². The normalized spacial score (nSPS) is 18.0. The van der Waals surface area contributed by atoms with Crippen LogP contribution in [-0.2, 0) is 11.2 Å². The number of fused-ring (bicyclic) bond motifs is 1. The molecule has 1 aliphatic carbocycles. The molecule has 2 rings (SSSR count). The highest BCUT2D eigenvalue weighted by molar-refractivity contribution is 5.72. The molecule has 0 saturated heterocycles. The Morgan fingerprint density at radius 1 is 1.38 bits per heavy atom. The highest BCUT2D eigenvalue weighted by atomic mass is 16.5. The molecule has 1 aromatic rings. The SMILES string of the molecule is CC(=O)NCCC1CCCCc2ccc(OC(C)C)cc21. The lowest BCUT2D eigenvalue weighted by Gasteiger charge is -2.20. The van der Waals surface area contributed by atoms with E-state index in [9.17, 15) is 4.79 Å². The van der Waals surface area contributed by atoms with Crippen LogP contribution in [0.4, 0.5) is 0 Å². The minimum Gasteiger partial charge on any atom is -0.491 e. The highest BCUT2D eigenvalue weighted by Crippen LogP contribution is 2.35. The zero-order valence-electron chi connectivity index (χ0n) is 13.4. The summed E-state index contributed by atoms with van der Waals surface area (Å²) < 4.78 is 5.84. The minimum absolute atomic E-state index is 0.0562. The van der Waals surface area contributed by atoms with Crippen molar-refractivity contribution in [2.45, 2.75) is 64.9 Å². The Morgan fingerprint density at radius 3 is 2.90 bits per heavy atom. The molecule has 116 valence electrons. The number of hydrogen-bond acceptors (Lipinski definition) is 2. The predicted octanol–water partition coefficient (Wildman–Crippen LogP) is 3.81. The van der Waals surface area contributed by atoms with Crippen LogP contribution in [-0.4, -0.2) is 18.6 Å². The van der Waals surface area contributed by atoms with Crippen LogP contribution in [0.3, 0.4) is 0 Å². The Morgan fingerprint density at radius 2 is 2.19 bits per heavy atom. The van der Waals surface area contributed by atoms with Crippen molar-refractivity contribution in [2.24, 2.45) is 0 Å². The summed E-state index contributed by atoms with van der Waals surface area (Å²) in [5, 5.41) is 2.92. The number of benzene rings is 1. The molecule has 0 saturated carbocycles. The molecule has 0 fully saturated rings. The number of carbonyl (C=O) groups excluding carboxylic acids is 1. The van der Waals surface area contributed by atoms with Gasteiger partial charge in [-0.05, 0) is 68.7 Å². The molecule has 1 atom stereocenters. The first kappa shape index (κ1) is 15.9. The Kier molecular flexibility index (Phi) is 5.66. The van der Waals surface area contributed by atoms with E-state index in [4.69, 9.17) is 4.74 Å². The summed E-state index contributed by atoms with van der Waals surface area (Å²) in [6.07, 6.45) is 6.10. The fourth-order valence-corrected chi connectivity index (χ4v) is 3.11. The van der Waals surface area contributed by atoms with Crippen LogP contribution in [0.1, 0.15) is 63.5 Å². The van der Waals surface area contributed by atoms with E-state index in [0.717, 1.165) is 25.1 Å². The second kappa shape index (κ2) is 7.48. The number of rotatable bonds is 5. The molecule has 21 heavy (non-hydrogen) atoms. The molecular formula is C18H27NO2. The molecule has 1 amide bonds. The summed E-state index contributed by atoms with van der Waals surface area (Å²) in [5.41, 5.74) is 2.88. The second-order valence-corrected chi connectivity index (χ2v) is 6.24. The van der Waals surface area contributed by atoms with Gasteiger partial charge in [0.05, 0.1) is 6.10 Å². The number of aryl methyl sites for hydroxylation is 1. The standard InChI is InChI=1S/C18H27NO2/c1-13(2)21-17-9-8-15-6-4-5-7-16(18(15)12-17)10-11-19-14(3)20/h8-9,12-13,16H,4-7,10-11H2,1-3H3,(H,19,20). The largest absolute Gasteiger partial charge is 0.491 e. The van der Waals surface area contributed by atoms with Crippen molar-refractivity contribution in [3.05, 3.63) is 29.3 Å². The van der Waals surface area contributed by atoms with Crippen LogP contribution >= 0.6 is 0 Å². The third-order valence-electron chi connectivity index (χ3n) is 4.04. The molecule has 0 aromatic heterocycles. The van der Waals surface area contributed by atoms with Crippen LogP contribution in [0.25, 0.3) is 0 Å². The van der Waals surface area contributed by atoms with Gasteiger partial charge in [-0.3, -0.25) is 4.79 Å². The Hall–Kier alpha value is -1.51. The van der Waals surface area contributed by atoms with E-state index in [0.29, 0.717) is 5.92 Å². The first-order chi connectivity index (χ1) is 10.1. The maximum absolute atomic E-state index is 11.0. The van der Waals surface area contributed by atoms with Crippen molar-refractivity contribution in [3.8, 4) is 5.75 Å². The lowest BCUT2D eigenvalue weighted by atomic mass is 9.89. The summed E-state index contributed by atoms with van der Waals surface area (Å²) in [4.78, 5) is 11.0. The van der Waals surface area contributed by atoms with Gasteiger partial charge in [0.15, 0.2) is 0 Å². The van der Waals surface area contributed by atoms with Gasteiger partial charge >= 0.3 is 0 Å². The minimum atomic E-state index is 0.0562. The van der Waals surface area contributed by atoms with E-state index in [1.807, 2.05) is 0 Å². The number of amides is 1. The zero-order valence-corrected chi connectivity index (χ0v) is 13.4. The maximum atomic E-state index is 11.0. The predicted molar refractivity (Wildman–Crippen MR) is 85.8 cm³/mol. The first-order valence-electron chi connectivity index (χ1n) is 8.10. The van der Waals surface area contributed by atoms with Crippen LogP contribution in [0.5, 0.6) is 5.75 Å². The van der Waals surface area contributed by atoms with E-state index >= 15 is 0 Å². The molecule has 3 nitrogen and oxygen atoms in total. The van der Waals surface area contributed by atoms with E-state index in [2.05, 4.69) is 37.4 Å². The average molecular weight is 289 g/mol. The summed E-state index contributed by atoms with van der Waals surface area (Å²) in [5.74, 6) is 1.56. The first-order valence-corrected chi connectivity index (χ1v) is 8.10. The van der Waals surface area contributed by atoms with E-state index < -0.39 is 0 Å². The lowest BCUT2D eigenvalue weighted by Crippen LogP contribution is -2.22. The third-order valence-corrected chi connectivity index (χ3v) is 4.04. The summed E-state index contributed by atoms with van der Waals surface area (Å²) in [6.45, 7) is 6.45. The van der Waals surface area contributed by atoms with Crippen molar-refractivity contribution in [1.82, 2.24) is 5.32 Å². The molecule has 0 radical (unpaired) electrons. The van der Waals surface area contributed by atoms with Gasteiger partial charge in [-0.1, -0.05) is 12.5 Å². The molecule has 1 aliphatic rings. The van der Waals surface area contributed by atoms with Gasteiger partial charge in [0, 0.05) is 13.5 Å². The van der Waals surface area contributed by atoms with Gasteiger partial charge in [0.25, 0.3) is 0 Å². The van der Waals surface area contributed by atoms with Crippen molar-refractivity contribution >= 4 is 5.91 Å². The van der Waals surface area contributed by atoms with Crippen molar-refractivity contribution < 1.29 is 9.53 Å². The number of carbonyl (C=O) groups is 1. The van der Waals surface area contributed by atoms with Gasteiger partial charge in [-0.25, -0.2) is 0 Å². The Bertz CT molecular complexity index is 482. The molecule has 0 bridgehead atoms. The van der Waals surface area contributed by atoms with Gasteiger partial charge in [-0.15, -0.1) is 0 Å². The summed E-state index contributed by atoms with van der Waals surface area (Å²) >= 11 is 0. The van der Waals surface area contributed by atoms with Crippen LogP contribution in [0, 0.1) is 0 Å². The quantitative estimate of drug-likeness (QED) is 0.837. The molecule has 1 aromatic carbocycles.